The molecule has 0 aliphatic rings. The largest absolute Gasteiger partial charge is 0.456 e. The second-order valence-electron chi connectivity index (χ2n) is 5.78. The molecule has 1 aromatic carbocycles. The minimum Gasteiger partial charge on any atom is -0.456 e. The molecular weight excluding hydrogens is 334 g/mol. The van der Waals surface area contributed by atoms with Crippen molar-refractivity contribution in [3.8, 4) is 0 Å². The quantitative estimate of drug-likeness (QED) is 0.729. The van der Waals surface area contributed by atoms with Gasteiger partial charge in [-0.25, -0.2) is 9.78 Å². The second kappa shape index (κ2) is 7.18. The summed E-state index contributed by atoms with van der Waals surface area (Å²) in [6.07, 6.45) is 0. The molecule has 0 unspecified atom stereocenters. The van der Waals surface area contributed by atoms with E-state index >= 15 is 0 Å². The third-order valence-corrected chi connectivity index (χ3v) is 3.70. The molecular formula is C19H17N3O4. The summed E-state index contributed by atoms with van der Waals surface area (Å²) in [7, 11) is 0. The van der Waals surface area contributed by atoms with Gasteiger partial charge in [0.1, 0.15) is 12.3 Å². The number of amides is 1. The highest BCUT2D eigenvalue weighted by atomic mass is 16.5. The van der Waals surface area contributed by atoms with Crippen molar-refractivity contribution in [1.29, 1.82) is 0 Å². The molecule has 0 saturated heterocycles. The summed E-state index contributed by atoms with van der Waals surface area (Å²) in [5.74, 6) is -0.796. The van der Waals surface area contributed by atoms with E-state index in [0.29, 0.717) is 22.6 Å². The first-order valence-electron chi connectivity index (χ1n) is 7.97. The first-order valence-corrected chi connectivity index (χ1v) is 7.97. The summed E-state index contributed by atoms with van der Waals surface area (Å²) in [6.45, 7) is 3.08. The fraction of sp³-hybridized carbons (Fsp3) is 0.158. The summed E-state index contributed by atoms with van der Waals surface area (Å²) in [4.78, 5) is 39.9. The summed E-state index contributed by atoms with van der Waals surface area (Å²) < 4.78 is 6.73. The number of pyridine rings is 1. The van der Waals surface area contributed by atoms with E-state index in [-0.39, 0.29) is 18.1 Å². The van der Waals surface area contributed by atoms with Crippen LogP contribution in [0, 0.1) is 6.92 Å². The number of ether oxygens (including phenoxy) is 1. The average molecular weight is 351 g/mol. The van der Waals surface area contributed by atoms with Gasteiger partial charge >= 0.3 is 5.97 Å². The molecule has 0 spiro atoms. The number of esters is 1. The number of aromatic nitrogens is 2. The predicted molar refractivity (Wildman–Crippen MR) is 96.1 cm³/mol. The van der Waals surface area contributed by atoms with Gasteiger partial charge in [-0.2, -0.15) is 0 Å². The Balaban J connectivity index is 1.77. The lowest BCUT2D eigenvalue weighted by atomic mass is 10.2. The van der Waals surface area contributed by atoms with Crippen molar-refractivity contribution in [3.05, 3.63) is 75.8 Å². The summed E-state index contributed by atoms with van der Waals surface area (Å²) >= 11 is 0. The number of hydrogen-bond donors (Lipinski definition) is 1. The number of benzene rings is 1. The van der Waals surface area contributed by atoms with Crippen molar-refractivity contribution in [2.24, 2.45) is 0 Å². The normalized spacial score (nSPS) is 10.5. The van der Waals surface area contributed by atoms with Gasteiger partial charge in [-0.05, 0) is 37.3 Å². The number of carbonyl (C=O) groups is 2. The maximum absolute atomic E-state index is 12.2. The van der Waals surface area contributed by atoms with E-state index in [4.69, 9.17) is 4.74 Å². The molecule has 7 heteroatoms. The molecule has 0 atom stereocenters. The Morgan fingerprint density at radius 3 is 2.69 bits per heavy atom. The van der Waals surface area contributed by atoms with E-state index in [1.807, 2.05) is 13.0 Å². The first-order chi connectivity index (χ1) is 12.4. The van der Waals surface area contributed by atoms with Crippen molar-refractivity contribution in [2.75, 3.05) is 5.32 Å². The number of hydrogen-bond acceptors (Lipinski definition) is 5. The van der Waals surface area contributed by atoms with Gasteiger partial charge in [0.15, 0.2) is 0 Å². The Kier molecular flexibility index (Phi) is 4.79. The Labute approximate surface area is 149 Å². The molecule has 0 fully saturated rings. The van der Waals surface area contributed by atoms with Gasteiger partial charge in [0, 0.05) is 24.4 Å². The first kappa shape index (κ1) is 17.3. The van der Waals surface area contributed by atoms with Crippen molar-refractivity contribution < 1.29 is 14.3 Å². The molecule has 2 aromatic heterocycles. The lowest BCUT2D eigenvalue weighted by Gasteiger charge is -2.08. The van der Waals surface area contributed by atoms with Gasteiger partial charge in [-0.3, -0.25) is 14.0 Å². The molecule has 1 N–H and O–H groups in total. The molecule has 132 valence electrons. The zero-order valence-electron chi connectivity index (χ0n) is 14.4. The van der Waals surface area contributed by atoms with Gasteiger partial charge < -0.3 is 10.1 Å². The maximum atomic E-state index is 12.2. The van der Waals surface area contributed by atoms with E-state index in [1.165, 1.54) is 23.5 Å². The number of fused-ring (bicyclic) bond motifs is 1. The van der Waals surface area contributed by atoms with E-state index in [2.05, 4.69) is 10.3 Å². The summed E-state index contributed by atoms with van der Waals surface area (Å²) in [5.41, 5.74) is 2.21. The smallest absolute Gasteiger partial charge is 0.338 e. The summed E-state index contributed by atoms with van der Waals surface area (Å²) in [5, 5.41) is 2.60. The van der Waals surface area contributed by atoms with Gasteiger partial charge in [0.25, 0.3) is 5.56 Å². The Morgan fingerprint density at radius 2 is 1.92 bits per heavy atom. The highest BCUT2D eigenvalue weighted by molar-refractivity contribution is 5.93. The third kappa shape index (κ3) is 3.77. The highest BCUT2D eigenvalue weighted by Gasteiger charge is 2.11. The fourth-order valence-electron chi connectivity index (χ4n) is 2.59. The number of carbonyl (C=O) groups excluding carboxylic acids is 2. The van der Waals surface area contributed by atoms with Crippen molar-refractivity contribution in [2.45, 2.75) is 20.5 Å². The van der Waals surface area contributed by atoms with Crippen LogP contribution in [0.25, 0.3) is 5.65 Å². The SMILES string of the molecule is CC(=O)Nc1cccc(C(=O)OCc2cc(=O)n3c(C)cccc3n2)c1. The van der Waals surface area contributed by atoms with Crippen molar-refractivity contribution >= 4 is 23.2 Å². The van der Waals surface area contributed by atoms with Crippen LogP contribution in [0.3, 0.4) is 0 Å². The van der Waals surface area contributed by atoms with Crippen LogP contribution in [-0.4, -0.2) is 21.3 Å². The molecule has 0 radical (unpaired) electrons. The molecule has 0 aliphatic heterocycles. The van der Waals surface area contributed by atoms with Crippen LogP contribution in [0.4, 0.5) is 5.69 Å². The Bertz CT molecular complexity index is 1060. The maximum Gasteiger partial charge on any atom is 0.338 e. The lowest BCUT2D eigenvalue weighted by Crippen LogP contribution is -2.18. The minimum absolute atomic E-state index is 0.122. The van der Waals surface area contributed by atoms with E-state index in [0.717, 1.165) is 5.69 Å². The van der Waals surface area contributed by atoms with E-state index in [1.54, 1.807) is 30.3 Å². The Morgan fingerprint density at radius 1 is 1.15 bits per heavy atom. The monoisotopic (exact) mass is 351 g/mol. The lowest BCUT2D eigenvalue weighted by molar-refractivity contribution is -0.114. The molecule has 3 aromatic rings. The third-order valence-electron chi connectivity index (χ3n) is 3.70. The van der Waals surface area contributed by atoms with Gasteiger partial charge in [0.2, 0.25) is 5.91 Å². The fourth-order valence-corrected chi connectivity index (χ4v) is 2.59. The minimum atomic E-state index is -0.566. The van der Waals surface area contributed by atoms with Crippen molar-refractivity contribution in [1.82, 2.24) is 9.38 Å². The molecule has 3 rings (SSSR count). The standard InChI is InChI=1S/C19H17N3O4/c1-12-5-3-8-17-21-16(10-18(24)22(12)17)11-26-19(25)14-6-4-7-15(9-14)20-13(2)23/h3-10H,11H2,1-2H3,(H,20,23). The molecule has 0 aliphatic carbocycles. The average Bonchev–Trinajstić information content (AvgIpc) is 2.59. The highest BCUT2D eigenvalue weighted by Crippen LogP contribution is 2.12. The van der Waals surface area contributed by atoms with Crippen LogP contribution in [-0.2, 0) is 16.1 Å². The van der Waals surface area contributed by atoms with E-state index in [9.17, 15) is 14.4 Å². The molecule has 0 bridgehead atoms. The Hall–Kier alpha value is -3.48. The predicted octanol–water partition coefficient (Wildman–Crippen LogP) is 2.32. The van der Waals surface area contributed by atoms with Crippen LogP contribution >= 0.6 is 0 Å². The van der Waals surface area contributed by atoms with Crippen LogP contribution in [0.2, 0.25) is 0 Å². The molecule has 1 amide bonds. The number of aryl methyl sites for hydroxylation is 1. The molecule has 2 heterocycles. The topological polar surface area (TPSA) is 89.8 Å². The van der Waals surface area contributed by atoms with Gasteiger partial charge in [0.05, 0.1) is 11.3 Å². The second-order valence-corrected chi connectivity index (χ2v) is 5.78. The zero-order chi connectivity index (χ0) is 18.7. The zero-order valence-corrected chi connectivity index (χ0v) is 14.4. The van der Waals surface area contributed by atoms with Gasteiger partial charge in [-0.15, -0.1) is 0 Å². The van der Waals surface area contributed by atoms with Crippen LogP contribution in [0.1, 0.15) is 28.7 Å². The van der Waals surface area contributed by atoms with Crippen LogP contribution in [0.5, 0.6) is 0 Å². The number of anilines is 1. The molecule has 26 heavy (non-hydrogen) atoms. The van der Waals surface area contributed by atoms with E-state index < -0.39 is 5.97 Å². The summed E-state index contributed by atoms with van der Waals surface area (Å²) in [6, 6.07) is 13.1. The van der Waals surface area contributed by atoms with Crippen molar-refractivity contribution in [3.63, 3.8) is 0 Å². The molecule has 7 nitrogen and oxygen atoms in total. The van der Waals surface area contributed by atoms with Gasteiger partial charge in [-0.1, -0.05) is 12.1 Å². The number of nitrogens with zero attached hydrogens (tertiary/aromatic N) is 2. The molecule has 0 saturated carbocycles. The van der Waals surface area contributed by atoms with Crippen LogP contribution < -0.4 is 10.9 Å². The number of rotatable bonds is 4. The number of nitrogens with one attached hydrogen (secondary N) is 1. The van der Waals surface area contributed by atoms with Crippen LogP contribution in [0.15, 0.2) is 53.3 Å².